The summed E-state index contributed by atoms with van der Waals surface area (Å²) >= 11 is 0. The van der Waals surface area contributed by atoms with Crippen LogP contribution in [0.25, 0.3) is 11.0 Å². The third-order valence-corrected chi connectivity index (χ3v) is 4.14. The smallest absolute Gasteiger partial charge is 0.140 e. The van der Waals surface area contributed by atoms with E-state index in [1.54, 1.807) is 0 Å². The van der Waals surface area contributed by atoms with Gasteiger partial charge in [0.15, 0.2) is 0 Å². The first-order chi connectivity index (χ1) is 9.93. The van der Waals surface area contributed by atoms with E-state index in [0.29, 0.717) is 19.4 Å². The van der Waals surface area contributed by atoms with Crippen molar-refractivity contribution in [1.29, 1.82) is 0 Å². The van der Waals surface area contributed by atoms with E-state index >= 15 is 0 Å². The number of nitrogens with two attached hydrogens (primary N) is 1. The molecule has 0 aliphatic rings. The Balaban J connectivity index is 2.00. The Morgan fingerprint density at radius 2 is 2.00 bits per heavy atom. The molecule has 0 bridgehead atoms. The highest BCUT2D eigenvalue weighted by Crippen LogP contribution is 2.26. The number of nitrogens with zero attached hydrogens (tertiary/aromatic N) is 2. The molecule has 0 fully saturated rings. The van der Waals surface area contributed by atoms with Crippen LogP contribution in [0.15, 0.2) is 24.3 Å². The standard InChI is InChI=1S/C17H25N3O/c1-17(2,10-11-18)9-8-13(21)12-16-19-14-6-4-5-7-15(14)20(16)3/h4-7H,8-12,18H2,1-3H3. The maximum absolute atomic E-state index is 12.2. The van der Waals surface area contributed by atoms with Crippen molar-refractivity contribution in [3.8, 4) is 0 Å². The lowest BCUT2D eigenvalue weighted by molar-refractivity contribution is -0.119. The minimum absolute atomic E-state index is 0.136. The molecule has 0 amide bonds. The Hall–Kier alpha value is -1.68. The van der Waals surface area contributed by atoms with Crippen molar-refractivity contribution in [3.05, 3.63) is 30.1 Å². The van der Waals surface area contributed by atoms with Gasteiger partial charge in [0.05, 0.1) is 17.5 Å². The fraction of sp³-hybridized carbons (Fsp3) is 0.529. The quantitative estimate of drug-likeness (QED) is 0.851. The number of fused-ring (bicyclic) bond motifs is 1. The maximum atomic E-state index is 12.2. The average molecular weight is 287 g/mol. The van der Waals surface area contributed by atoms with Gasteiger partial charge in [-0.15, -0.1) is 0 Å². The molecule has 0 spiro atoms. The number of Topliss-reactive ketones (excluding diaryl/α,β-unsaturated/α-hetero) is 1. The molecule has 1 heterocycles. The van der Waals surface area contributed by atoms with Gasteiger partial charge in [-0.1, -0.05) is 26.0 Å². The van der Waals surface area contributed by atoms with Crippen LogP contribution in [-0.4, -0.2) is 21.9 Å². The molecule has 0 aliphatic heterocycles. The van der Waals surface area contributed by atoms with Crippen molar-refractivity contribution in [3.63, 3.8) is 0 Å². The molecule has 0 aliphatic carbocycles. The molecule has 1 aromatic carbocycles. The lowest BCUT2D eigenvalue weighted by Gasteiger charge is -2.23. The predicted octanol–water partition coefficient (Wildman–Crippen LogP) is 2.84. The van der Waals surface area contributed by atoms with Crippen LogP contribution >= 0.6 is 0 Å². The fourth-order valence-corrected chi connectivity index (χ4v) is 2.61. The van der Waals surface area contributed by atoms with Gasteiger partial charge in [0.2, 0.25) is 0 Å². The summed E-state index contributed by atoms with van der Waals surface area (Å²) in [5.41, 5.74) is 7.77. The average Bonchev–Trinajstić information content (AvgIpc) is 2.74. The molecular formula is C17H25N3O. The predicted molar refractivity (Wildman–Crippen MR) is 86.1 cm³/mol. The van der Waals surface area contributed by atoms with Crippen LogP contribution < -0.4 is 5.73 Å². The first-order valence-electron chi connectivity index (χ1n) is 7.55. The van der Waals surface area contributed by atoms with Crippen LogP contribution in [0.3, 0.4) is 0 Å². The van der Waals surface area contributed by atoms with Crippen molar-refractivity contribution in [2.24, 2.45) is 18.2 Å². The van der Waals surface area contributed by atoms with Crippen molar-refractivity contribution in [2.45, 2.75) is 39.5 Å². The van der Waals surface area contributed by atoms with Crippen LogP contribution in [0.4, 0.5) is 0 Å². The first-order valence-corrected chi connectivity index (χ1v) is 7.55. The second-order valence-corrected chi connectivity index (χ2v) is 6.49. The van der Waals surface area contributed by atoms with Gasteiger partial charge in [0.25, 0.3) is 0 Å². The lowest BCUT2D eigenvalue weighted by atomic mass is 9.83. The molecule has 4 nitrogen and oxygen atoms in total. The van der Waals surface area contributed by atoms with Gasteiger partial charge in [-0.3, -0.25) is 4.79 Å². The molecule has 2 rings (SSSR count). The Labute approximate surface area is 126 Å². The summed E-state index contributed by atoms with van der Waals surface area (Å²) in [6.45, 7) is 5.01. The Morgan fingerprint density at radius 1 is 1.29 bits per heavy atom. The summed E-state index contributed by atoms with van der Waals surface area (Å²) in [4.78, 5) is 16.8. The zero-order valence-electron chi connectivity index (χ0n) is 13.2. The third kappa shape index (κ3) is 3.91. The highest BCUT2D eigenvalue weighted by Gasteiger charge is 2.19. The summed E-state index contributed by atoms with van der Waals surface area (Å²) in [6, 6.07) is 7.97. The van der Waals surface area contributed by atoms with E-state index in [1.165, 1.54) is 0 Å². The SMILES string of the molecule is Cn1c(CC(=O)CCC(C)(C)CCN)nc2ccccc21. The molecular weight excluding hydrogens is 262 g/mol. The van der Waals surface area contributed by atoms with Gasteiger partial charge in [0.1, 0.15) is 11.6 Å². The van der Waals surface area contributed by atoms with E-state index in [9.17, 15) is 4.79 Å². The van der Waals surface area contributed by atoms with Crippen molar-refractivity contribution in [2.75, 3.05) is 6.54 Å². The van der Waals surface area contributed by atoms with Gasteiger partial charge in [-0.2, -0.15) is 0 Å². The molecule has 2 aromatic rings. The van der Waals surface area contributed by atoms with E-state index in [2.05, 4.69) is 18.8 Å². The second-order valence-electron chi connectivity index (χ2n) is 6.49. The van der Waals surface area contributed by atoms with Crippen LogP contribution in [0.1, 0.15) is 38.9 Å². The number of carbonyl (C=O) groups excluding carboxylic acids is 1. The highest BCUT2D eigenvalue weighted by molar-refractivity contribution is 5.82. The summed E-state index contributed by atoms with van der Waals surface area (Å²) in [5, 5.41) is 0. The maximum Gasteiger partial charge on any atom is 0.140 e. The van der Waals surface area contributed by atoms with Crippen LogP contribution in [0.2, 0.25) is 0 Å². The number of para-hydroxylation sites is 2. The lowest BCUT2D eigenvalue weighted by Crippen LogP contribution is -2.19. The number of imidazole rings is 1. The monoisotopic (exact) mass is 287 g/mol. The van der Waals surface area contributed by atoms with Crippen LogP contribution in [0, 0.1) is 5.41 Å². The minimum Gasteiger partial charge on any atom is -0.331 e. The summed E-state index contributed by atoms with van der Waals surface area (Å²) in [5.74, 6) is 1.09. The van der Waals surface area contributed by atoms with E-state index in [-0.39, 0.29) is 11.2 Å². The highest BCUT2D eigenvalue weighted by atomic mass is 16.1. The fourth-order valence-electron chi connectivity index (χ4n) is 2.61. The number of ketones is 1. The third-order valence-electron chi connectivity index (χ3n) is 4.14. The van der Waals surface area contributed by atoms with Gasteiger partial charge >= 0.3 is 0 Å². The Bertz CT molecular complexity index is 628. The molecule has 114 valence electrons. The van der Waals surface area contributed by atoms with Crippen LogP contribution in [0.5, 0.6) is 0 Å². The van der Waals surface area contributed by atoms with E-state index in [1.807, 2.05) is 35.9 Å². The number of carbonyl (C=O) groups is 1. The van der Waals surface area contributed by atoms with Gasteiger partial charge < -0.3 is 10.3 Å². The van der Waals surface area contributed by atoms with Crippen molar-refractivity contribution < 1.29 is 4.79 Å². The Morgan fingerprint density at radius 3 is 2.67 bits per heavy atom. The largest absolute Gasteiger partial charge is 0.331 e. The van der Waals surface area contributed by atoms with Gasteiger partial charge in [-0.05, 0) is 36.9 Å². The topological polar surface area (TPSA) is 60.9 Å². The molecule has 0 saturated carbocycles. The van der Waals surface area contributed by atoms with Crippen molar-refractivity contribution in [1.82, 2.24) is 9.55 Å². The molecule has 0 atom stereocenters. The molecule has 0 radical (unpaired) electrons. The molecule has 4 heteroatoms. The normalized spacial score (nSPS) is 12.0. The first kappa shape index (κ1) is 15.7. The molecule has 21 heavy (non-hydrogen) atoms. The van der Waals surface area contributed by atoms with Gasteiger partial charge in [0, 0.05) is 13.5 Å². The zero-order chi connectivity index (χ0) is 15.5. The zero-order valence-corrected chi connectivity index (χ0v) is 13.2. The molecule has 1 aromatic heterocycles. The number of aromatic nitrogens is 2. The van der Waals surface area contributed by atoms with E-state index in [0.717, 1.165) is 29.7 Å². The number of benzene rings is 1. The number of hydrogen-bond acceptors (Lipinski definition) is 3. The second kappa shape index (κ2) is 6.39. The Kier molecular flexibility index (Phi) is 4.78. The number of aryl methyl sites for hydroxylation is 1. The summed E-state index contributed by atoms with van der Waals surface area (Å²) < 4.78 is 2.01. The summed E-state index contributed by atoms with van der Waals surface area (Å²) in [7, 11) is 1.97. The van der Waals surface area contributed by atoms with Gasteiger partial charge in [-0.25, -0.2) is 4.98 Å². The summed E-state index contributed by atoms with van der Waals surface area (Å²) in [6.07, 6.45) is 2.83. The number of rotatable bonds is 7. The molecule has 0 unspecified atom stereocenters. The number of hydrogen-bond donors (Lipinski definition) is 1. The van der Waals surface area contributed by atoms with E-state index < -0.39 is 0 Å². The molecule has 2 N–H and O–H groups in total. The van der Waals surface area contributed by atoms with Crippen molar-refractivity contribution >= 4 is 16.8 Å². The van der Waals surface area contributed by atoms with E-state index in [4.69, 9.17) is 5.73 Å². The van der Waals surface area contributed by atoms with Crippen LogP contribution in [-0.2, 0) is 18.3 Å². The molecule has 0 saturated heterocycles. The minimum atomic E-state index is 0.136.